The van der Waals surface area contributed by atoms with E-state index >= 15 is 0 Å². The molecule has 2 unspecified atom stereocenters. The van der Waals surface area contributed by atoms with Gasteiger partial charge in [-0.3, -0.25) is 11.3 Å². The number of nitrogens with two attached hydrogens (primary N) is 1. The van der Waals surface area contributed by atoms with Crippen molar-refractivity contribution in [2.24, 2.45) is 11.8 Å². The molecule has 3 N–H and O–H groups in total. The molecule has 2 atom stereocenters. The van der Waals surface area contributed by atoms with Crippen LogP contribution in [-0.4, -0.2) is 18.8 Å². The van der Waals surface area contributed by atoms with E-state index < -0.39 is 0 Å². The fraction of sp³-hybridized carbons (Fsp3) is 1.00. The van der Waals surface area contributed by atoms with Gasteiger partial charge in [-0.05, 0) is 19.3 Å². The predicted molar refractivity (Wildman–Crippen MR) is 79.4 cm³/mol. The summed E-state index contributed by atoms with van der Waals surface area (Å²) in [7, 11) is 0. The van der Waals surface area contributed by atoms with Gasteiger partial charge in [-0.25, -0.2) is 0 Å². The molecule has 0 bridgehead atoms. The number of rotatable bonds is 12. The van der Waals surface area contributed by atoms with Crippen molar-refractivity contribution in [1.82, 2.24) is 5.43 Å². The lowest BCUT2D eigenvalue weighted by molar-refractivity contribution is 0.000863. The molecule has 110 valence electrons. The molecule has 3 nitrogen and oxygen atoms in total. The van der Waals surface area contributed by atoms with Crippen LogP contribution in [-0.2, 0) is 4.74 Å². The minimum absolute atomic E-state index is 0.232. The van der Waals surface area contributed by atoms with E-state index in [2.05, 4.69) is 26.2 Å². The monoisotopic (exact) mass is 258 g/mol. The third-order valence-corrected chi connectivity index (χ3v) is 3.50. The number of nitrogens with one attached hydrogen (secondary N) is 1. The largest absolute Gasteiger partial charge is 0.377 e. The Kier molecular flexibility index (Phi) is 11.9. The molecule has 0 fully saturated rings. The third-order valence-electron chi connectivity index (χ3n) is 3.50. The van der Waals surface area contributed by atoms with Crippen LogP contribution < -0.4 is 11.3 Å². The van der Waals surface area contributed by atoms with Crippen LogP contribution in [0.3, 0.4) is 0 Å². The highest BCUT2D eigenvalue weighted by molar-refractivity contribution is 4.77. The molecule has 18 heavy (non-hydrogen) atoms. The van der Waals surface area contributed by atoms with Crippen LogP contribution in [0.5, 0.6) is 0 Å². The topological polar surface area (TPSA) is 47.3 Å². The summed E-state index contributed by atoms with van der Waals surface area (Å²) in [6, 6.07) is 0.288. The molecule has 0 rings (SSSR count). The van der Waals surface area contributed by atoms with Gasteiger partial charge in [0.15, 0.2) is 0 Å². The van der Waals surface area contributed by atoms with E-state index in [0.29, 0.717) is 5.92 Å². The van der Waals surface area contributed by atoms with Gasteiger partial charge >= 0.3 is 0 Å². The van der Waals surface area contributed by atoms with Crippen molar-refractivity contribution in [3.05, 3.63) is 0 Å². The quantitative estimate of drug-likeness (QED) is 0.319. The Morgan fingerprint density at radius 3 is 2.11 bits per heavy atom. The van der Waals surface area contributed by atoms with Crippen molar-refractivity contribution in [1.29, 1.82) is 0 Å². The fourth-order valence-electron chi connectivity index (χ4n) is 2.45. The van der Waals surface area contributed by atoms with Crippen molar-refractivity contribution in [2.45, 2.75) is 84.8 Å². The van der Waals surface area contributed by atoms with Gasteiger partial charge < -0.3 is 4.74 Å². The van der Waals surface area contributed by atoms with E-state index in [1.807, 2.05) is 6.92 Å². The third kappa shape index (κ3) is 8.06. The maximum Gasteiger partial charge on any atom is 0.0764 e. The second-order valence-corrected chi connectivity index (χ2v) is 5.49. The molecule has 0 heterocycles. The molecule has 0 aromatic heterocycles. The molecule has 0 aromatic rings. The average molecular weight is 258 g/mol. The van der Waals surface area contributed by atoms with Gasteiger partial charge in [-0.15, -0.1) is 0 Å². The van der Waals surface area contributed by atoms with E-state index in [1.165, 1.54) is 38.5 Å². The summed E-state index contributed by atoms with van der Waals surface area (Å²) in [5.74, 6) is 6.18. The highest BCUT2D eigenvalue weighted by atomic mass is 16.5. The second-order valence-electron chi connectivity index (χ2n) is 5.49. The summed E-state index contributed by atoms with van der Waals surface area (Å²) in [6.07, 6.45) is 9.31. The molecular weight excluding hydrogens is 224 g/mol. The van der Waals surface area contributed by atoms with Gasteiger partial charge in [0.1, 0.15) is 0 Å². The van der Waals surface area contributed by atoms with E-state index in [1.54, 1.807) is 0 Å². The number of hydrogen-bond acceptors (Lipinski definition) is 3. The smallest absolute Gasteiger partial charge is 0.0764 e. The van der Waals surface area contributed by atoms with Gasteiger partial charge in [0.2, 0.25) is 0 Å². The standard InChI is InChI=1S/C15H34N2O/c1-5-7-8-9-10-11-12-14(17-16)15(13(3)4)18-6-2/h13-15,17H,5-12,16H2,1-4H3. The number of unbranched alkanes of at least 4 members (excludes halogenated alkanes) is 5. The van der Waals surface area contributed by atoms with Gasteiger partial charge in [-0.2, -0.15) is 0 Å². The lowest BCUT2D eigenvalue weighted by Gasteiger charge is -2.29. The van der Waals surface area contributed by atoms with Crippen LogP contribution in [0.4, 0.5) is 0 Å². The highest BCUT2D eigenvalue weighted by Crippen LogP contribution is 2.17. The second kappa shape index (κ2) is 11.9. The first kappa shape index (κ1) is 17.9. The molecule has 0 saturated carbocycles. The molecule has 3 heteroatoms. The van der Waals surface area contributed by atoms with Crippen molar-refractivity contribution >= 4 is 0 Å². The Bertz CT molecular complexity index is 174. The lowest BCUT2D eigenvalue weighted by atomic mass is 9.95. The van der Waals surface area contributed by atoms with Crippen molar-refractivity contribution in [3.8, 4) is 0 Å². The molecule has 0 aliphatic rings. The molecule has 0 aromatic carbocycles. The Hall–Kier alpha value is -0.120. The van der Waals surface area contributed by atoms with Crippen molar-refractivity contribution < 1.29 is 4.74 Å². The maximum absolute atomic E-state index is 5.81. The number of ether oxygens (including phenoxy) is 1. The summed E-state index contributed by atoms with van der Waals surface area (Å²) >= 11 is 0. The summed E-state index contributed by atoms with van der Waals surface area (Å²) in [6.45, 7) is 9.47. The van der Waals surface area contributed by atoms with E-state index in [0.717, 1.165) is 13.0 Å². The molecule has 0 aliphatic heterocycles. The first-order chi connectivity index (χ1) is 8.67. The zero-order chi connectivity index (χ0) is 13.8. The Balaban J connectivity index is 3.85. The van der Waals surface area contributed by atoms with Crippen molar-refractivity contribution in [3.63, 3.8) is 0 Å². The summed E-state index contributed by atoms with van der Waals surface area (Å²) in [4.78, 5) is 0. The van der Waals surface area contributed by atoms with Crippen LogP contribution in [0.15, 0.2) is 0 Å². The Morgan fingerprint density at radius 1 is 1.00 bits per heavy atom. The summed E-state index contributed by atoms with van der Waals surface area (Å²) < 4.78 is 5.81. The van der Waals surface area contributed by atoms with Crippen LogP contribution in [0.25, 0.3) is 0 Å². The number of hydrogen-bond donors (Lipinski definition) is 2. The SMILES string of the molecule is CCCCCCCCC(NN)C(OCC)C(C)C. The van der Waals surface area contributed by atoms with Crippen LogP contribution in [0.2, 0.25) is 0 Å². The zero-order valence-electron chi connectivity index (χ0n) is 12.9. The van der Waals surface area contributed by atoms with Crippen LogP contribution >= 0.6 is 0 Å². The minimum atomic E-state index is 0.232. The van der Waals surface area contributed by atoms with E-state index in [4.69, 9.17) is 10.6 Å². The lowest BCUT2D eigenvalue weighted by Crippen LogP contribution is -2.47. The number of hydrazine groups is 1. The van der Waals surface area contributed by atoms with Gasteiger partial charge in [0.05, 0.1) is 6.10 Å². The average Bonchev–Trinajstić information content (AvgIpc) is 2.36. The van der Waals surface area contributed by atoms with Crippen LogP contribution in [0, 0.1) is 5.92 Å². The van der Waals surface area contributed by atoms with E-state index in [-0.39, 0.29) is 12.1 Å². The molecule has 0 spiro atoms. The molecule has 0 amide bonds. The first-order valence-corrected chi connectivity index (χ1v) is 7.75. The van der Waals surface area contributed by atoms with Crippen molar-refractivity contribution in [2.75, 3.05) is 6.61 Å². The van der Waals surface area contributed by atoms with Crippen LogP contribution in [0.1, 0.15) is 72.6 Å². The molecule has 0 aliphatic carbocycles. The van der Waals surface area contributed by atoms with Gasteiger partial charge in [-0.1, -0.05) is 59.3 Å². The summed E-state index contributed by atoms with van der Waals surface area (Å²) in [5, 5.41) is 0. The Morgan fingerprint density at radius 2 is 1.61 bits per heavy atom. The summed E-state index contributed by atoms with van der Waals surface area (Å²) in [5.41, 5.74) is 2.95. The molecule has 0 saturated heterocycles. The maximum atomic E-state index is 5.81. The first-order valence-electron chi connectivity index (χ1n) is 7.75. The highest BCUT2D eigenvalue weighted by Gasteiger charge is 2.23. The Labute approximate surface area is 114 Å². The van der Waals surface area contributed by atoms with Gasteiger partial charge in [0, 0.05) is 12.6 Å². The van der Waals surface area contributed by atoms with Gasteiger partial charge in [0.25, 0.3) is 0 Å². The molecule has 0 radical (unpaired) electrons. The zero-order valence-corrected chi connectivity index (χ0v) is 12.9. The fourth-order valence-corrected chi connectivity index (χ4v) is 2.45. The van der Waals surface area contributed by atoms with E-state index in [9.17, 15) is 0 Å². The minimum Gasteiger partial charge on any atom is -0.377 e. The predicted octanol–water partition coefficient (Wildman–Crippen LogP) is 3.63. The molecular formula is C15H34N2O. The normalized spacial score (nSPS) is 15.0.